The van der Waals surface area contributed by atoms with Crippen molar-refractivity contribution in [2.24, 2.45) is 5.73 Å². The Bertz CT molecular complexity index is 141. The molecular formula is C8H18N2O2. The highest BCUT2D eigenvalue weighted by Crippen LogP contribution is 2.08. The monoisotopic (exact) mass is 174 g/mol. The van der Waals surface area contributed by atoms with E-state index in [4.69, 9.17) is 10.8 Å². The Morgan fingerprint density at radius 1 is 1.67 bits per heavy atom. The van der Waals surface area contributed by atoms with Crippen LogP contribution in [0.4, 0.5) is 0 Å². The van der Waals surface area contributed by atoms with Gasteiger partial charge in [0.15, 0.2) is 0 Å². The summed E-state index contributed by atoms with van der Waals surface area (Å²) in [6.45, 7) is 3.95. The van der Waals surface area contributed by atoms with Crippen LogP contribution in [0.5, 0.6) is 0 Å². The molecule has 1 saturated heterocycles. The molecule has 0 amide bonds. The summed E-state index contributed by atoms with van der Waals surface area (Å²) >= 11 is 0. The summed E-state index contributed by atoms with van der Waals surface area (Å²) in [5.74, 6) is 0. The fourth-order valence-electron chi connectivity index (χ4n) is 1.43. The number of aliphatic hydroxyl groups is 2. The van der Waals surface area contributed by atoms with Gasteiger partial charge in [0.05, 0.1) is 12.2 Å². The molecule has 72 valence electrons. The van der Waals surface area contributed by atoms with E-state index in [1.165, 1.54) is 0 Å². The minimum Gasteiger partial charge on any atom is -0.392 e. The van der Waals surface area contributed by atoms with Gasteiger partial charge in [-0.2, -0.15) is 0 Å². The molecule has 0 aromatic carbocycles. The van der Waals surface area contributed by atoms with E-state index in [9.17, 15) is 5.11 Å². The van der Waals surface area contributed by atoms with E-state index >= 15 is 0 Å². The smallest absolute Gasteiger partial charge is 0.0679 e. The zero-order valence-electron chi connectivity index (χ0n) is 7.48. The van der Waals surface area contributed by atoms with Crippen molar-refractivity contribution >= 4 is 0 Å². The van der Waals surface area contributed by atoms with Gasteiger partial charge in [-0.05, 0) is 13.3 Å². The van der Waals surface area contributed by atoms with Crippen LogP contribution in [0.2, 0.25) is 0 Å². The van der Waals surface area contributed by atoms with Gasteiger partial charge in [0.25, 0.3) is 0 Å². The normalized spacial score (nSPS) is 30.5. The molecule has 4 nitrogen and oxygen atoms in total. The van der Waals surface area contributed by atoms with E-state index in [1.807, 2.05) is 0 Å². The number of rotatable bonds is 3. The summed E-state index contributed by atoms with van der Waals surface area (Å²) < 4.78 is 0. The molecule has 0 radical (unpaired) electrons. The number of hydrogen-bond acceptors (Lipinski definition) is 4. The van der Waals surface area contributed by atoms with Crippen LogP contribution in [0.15, 0.2) is 0 Å². The summed E-state index contributed by atoms with van der Waals surface area (Å²) in [4.78, 5) is 2.09. The average molecular weight is 174 g/mol. The summed E-state index contributed by atoms with van der Waals surface area (Å²) in [7, 11) is 0. The third-order valence-electron chi connectivity index (χ3n) is 2.34. The lowest BCUT2D eigenvalue weighted by atomic mass is 10.2. The van der Waals surface area contributed by atoms with E-state index in [0.717, 1.165) is 13.0 Å². The molecule has 1 fully saturated rings. The molecule has 4 heteroatoms. The Morgan fingerprint density at radius 2 is 2.33 bits per heavy atom. The topological polar surface area (TPSA) is 69.7 Å². The van der Waals surface area contributed by atoms with Crippen molar-refractivity contribution in [1.82, 2.24) is 4.90 Å². The fourth-order valence-corrected chi connectivity index (χ4v) is 1.43. The van der Waals surface area contributed by atoms with Gasteiger partial charge in [0.1, 0.15) is 0 Å². The van der Waals surface area contributed by atoms with Crippen LogP contribution in [-0.2, 0) is 0 Å². The average Bonchev–Trinajstić information content (AvgIpc) is 2.35. The maximum Gasteiger partial charge on any atom is 0.0679 e. The first kappa shape index (κ1) is 9.92. The highest BCUT2D eigenvalue weighted by molar-refractivity contribution is 4.79. The first-order valence-electron chi connectivity index (χ1n) is 4.43. The summed E-state index contributed by atoms with van der Waals surface area (Å²) in [5.41, 5.74) is 5.67. The van der Waals surface area contributed by atoms with Gasteiger partial charge in [-0.1, -0.05) is 0 Å². The first-order chi connectivity index (χ1) is 5.59. The summed E-state index contributed by atoms with van der Waals surface area (Å²) in [6, 6.07) is -0.199. The molecule has 0 aliphatic carbocycles. The Kier molecular flexibility index (Phi) is 3.46. The molecule has 0 bridgehead atoms. The largest absolute Gasteiger partial charge is 0.392 e. The zero-order chi connectivity index (χ0) is 9.14. The SMILES string of the molecule is CC(O)C(N)CN1CC[C@@H](O)C1. The molecule has 2 unspecified atom stereocenters. The maximum absolute atomic E-state index is 9.21. The van der Waals surface area contributed by atoms with E-state index in [2.05, 4.69) is 4.90 Å². The minimum absolute atomic E-state index is 0.199. The van der Waals surface area contributed by atoms with Crippen molar-refractivity contribution in [3.8, 4) is 0 Å². The van der Waals surface area contributed by atoms with Gasteiger partial charge in [-0.3, -0.25) is 4.90 Å². The summed E-state index contributed by atoms with van der Waals surface area (Å²) in [5, 5.41) is 18.3. The Morgan fingerprint density at radius 3 is 2.75 bits per heavy atom. The standard InChI is InChI=1S/C8H18N2O2/c1-6(11)8(9)5-10-3-2-7(12)4-10/h6-8,11-12H,2-5,9H2,1H3/t6?,7-,8?/m1/s1. The Labute approximate surface area is 73.0 Å². The highest BCUT2D eigenvalue weighted by atomic mass is 16.3. The van der Waals surface area contributed by atoms with Crippen molar-refractivity contribution in [1.29, 1.82) is 0 Å². The molecule has 0 aromatic rings. The van der Waals surface area contributed by atoms with Crippen molar-refractivity contribution in [3.05, 3.63) is 0 Å². The maximum atomic E-state index is 9.21. The quantitative estimate of drug-likeness (QED) is 0.500. The van der Waals surface area contributed by atoms with Gasteiger partial charge < -0.3 is 15.9 Å². The minimum atomic E-state index is -0.470. The number of β-amino-alcohol motifs (C(OH)–C–C–N with tert-alkyl or cyclic N) is 1. The molecule has 3 atom stereocenters. The van der Waals surface area contributed by atoms with Crippen LogP contribution in [0.25, 0.3) is 0 Å². The Hall–Kier alpha value is -0.160. The van der Waals surface area contributed by atoms with Crippen molar-refractivity contribution in [2.45, 2.75) is 31.6 Å². The van der Waals surface area contributed by atoms with Crippen molar-refractivity contribution < 1.29 is 10.2 Å². The van der Waals surface area contributed by atoms with Crippen LogP contribution < -0.4 is 5.73 Å². The number of aliphatic hydroxyl groups excluding tert-OH is 2. The van der Waals surface area contributed by atoms with Crippen LogP contribution in [0, 0.1) is 0 Å². The lowest BCUT2D eigenvalue weighted by Crippen LogP contribution is -2.43. The van der Waals surface area contributed by atoms with Gasteiger partial charge in [0.2, 0.25) is 0 Å². The number of hydrogen-bond donors (Lipinski definition) is 3. The number of likely N-dealkylation sites (tertiary alicyclic amines) is 1. The lowest BCUT2D eigenvalue weighted by Gasteiger charge is -2.21. The second-order valence-electron chi connectivity index (χ2n) is 3.61. The first-order valence-corrected chi connectivity index (χ1v) is 4.43. The molecule has 4 N–H and O–H groups in total. The molecule has 0 aromatic heterocycles. The molecular weight excluding hydrogens is 156 g/mol. The van der Waals surface area contributed by atoms with E-state index in [-0.39, 0.29) is 12.1 Å². The van der Waals surface area contributed by atoms with Gasteiger partial charge in [-0.15, -0.1) is 0 Å². The third kappa shape index (κ3) is 2.71. The van der Waals surface area contributed by atoms with E-state index in [0.29, 0.717) is 13.1 Å². The van der Waals surface area contributed by atoms with Crippen LogP contribution >= 0.6 is 0 Å². The summed E-state index contributed by atoms with van der Waals surface area (Å²) in [6.07, 6.45) is 0.154. The van der Waals surface area contributed by atoms with E-state index in [1.54, 1.807) is 6.92 Å². The zero-order valence-corrected chi connectivity index (χ0v) is 7.48. The molecule has 1 aliphatic rings. The number of nitrogens with two attached hydrogens (primary N) is 1. The van der Waals surface area contributed by atoms with Crippen molar-refractivity contribution in [2.75, 3.05) is 19.6 Å². The van der Waals surface area contributed by atoms with E-state index < -0.39 is 6.10 Å². The van der Waals surface area contributed by atoms with Crippen LogP contribution in [0.3, 0.4) is 0 Å². The van der Waals surface area contributed by atoms with Crippen LogP contribution in [0.1, 0.15) is 13.3 Å². The van der Waals surface area contributed by atoms with Gasteiger partial charge in [0, 0.05) is 25.7 Å². The van der Waals surface area contributed by atoms with Gasteiger partial charge >= 0.3 is 0 Å². The molecule has 1 heterocycles. The molecule has 0 saturated carbocycles. The third-order valence-corrected chi connectivity index (χ3v) is 2.34. The predicted octanol–water partition coefficient (Wildman–Crippen LogP) is -1.24. The fraction of sp³-hybridized carbons (Fsp3) is 1.00. The highest BCUT2D eigenvalue weighted by Gasteiger charge is 2.22. The van der Waals surface area contributed by atoms with Crippen LogP contribution in [-0.4, -0.2) is 53.0 Å². The predicted molar refractivity (Wildman–Crippen MR) is 46.7 cm³/mol. The molecule has 1 rings (SSSR count). The lowest BCUT2D eigenvalue weighted by molar-refractivity contribution is 0.130. The molecule has 1 aliphatic heterocycles. The molecule has 12 heavy (non-hydrogen) atoms. The second-order valence-corrected chi connectivity index (χ2v) is 3.61. The number of nitrogens with zero attached hydrogens (tertiary/aromatic N) is 1. The second kappa shape index (κ2) is 4.18. The van der Waals surface area contributed by atoms with Crippen molar-refractivity contribution in [3.63, 3.8) is 0 Å². The molecule has 0 spiro atoms. The van der Waals surface area contributed by atoms with Gasteiger partial charge in [-0.25, -0.2) is 0 Å². The Balaban J connectivity index is 2.23.